The van der Waals surface area contributed by atoms with Crippen molar-refractivity contribution in [3.8, 4) is 0 Å². The molecule has 0 rings (SSSR count). The van der Waals surface area contributed by atoms with Crippen molar-refractivity contribution in [2.75, 3.05) is 39.6 Å². The first-order chi connectivity index (χ1) is 48.7. The van der Waals surface area contributed by atoms with Crippen molar-refractivity contribution in [2.24, 2.45) is 0 Å². The highest BCUT2D eigenvalue weighted by Crippen LogP contribution is 2.45. The van der Waals surface area contributed by atoms with Crippen LogP contribution in [0.1, 0.15) is 349 Å². The Morgan fingerprint density at radius 2 is 0.520 bits per heavy atom. The van der Waals surface area contributed by atoms with Crippen molar-refractivity contribution >= 4 is 39.5 Å². The minimum absolute atomic E-state index is 0.0783. The topological polar surface area (TPSA) is 237 Å². The van der Waals surface area contributed by atoms with Gasteiger partial charge in [-0.15, -0.1) is 0 Å². The van der Waals surface area contributed by atoms with Crippen molar-refractivity contribution in [2.45, 2.75) is 367 Å². The second kappa shape index (κ2) is 73.5. The number of hydrogen-bond acceptors (Lipinski definition) is 15. The van der Waals surface area contributed by atoms with Crippen molar-refractivity contribution < 1.29 is 80.2 Å². The quantitative estimate of drug-likeness (QED) is 0.0169. The molecule has 0 aliphatic rings. The number of ether oxygens (including phenoxy) is 4. The first-order valence-electron chi connectivity index (χ1n) is 39.8. The molecule has 0 saturated heterocycles. The number of aliphatic hydroxyl groups is 1. The van der Waals surface area contributed by atoms with E-state index in [9.17, 15) is 43.2 Å². The molecule has 580 valence electrons. The lowest BCUT2D eigenvalue weighted by molar-refractivity contribution is -0.161. The maximum absolute atomic E-state index is 13.1. The Bertz CT molecular complexity index is 2230. The Labute approximate surface area is 608 Å². The lowest BCUT2D eigenvalue weighted by Gasteiger charge is -2.21. The molecule has 0 amide bonds. The fourth-order valence-corrected chi connectivity index (χ4v) is 12.4. The van der Waals surface area contributed by atoms with Crippen LogP contribution < -0.4 is 0 Å². The maximum Gasteiger partial charge on any atom is 0.472 e. The van der Waals surface area contributed by atoms with Crippen LogP contribution in [0.3, 0.4) is 0 Å². The molecule has 100 heavy (non-hydrogen) atoms. The molecule has 3 N–H and O–H groups in total. The standard InChI is InChI=1S/C81H144O17P2/c1-5-9-13-17-21-25-29-31-33-35-37-39-41-43-47-50-54-58-62-66-79(84)92-72-77(98-81(86)68-64-60-56-52-48-44-42-40-38-36-34-32-30-26-22-18-14-10-6-2)74-96-100(89,90)94-70-75(82)69-93-99(87,88)95-73-76(97-80(85)67-63-59-55-51-46-28-24-20-16-12-8-4)71-91-78(83)65-61-57-53-49-45-27-23-19-15-11-7-3/h9,13,21-22,25-26,31-34,37-40,75-77,82H,5-8,10-12,14-20,23-24,27-30,35-36,41-74H2,1-4H3,(H,87,88)(H,89,90)/b13-9-,25-21-,26-22-,33-31-,34-32-,39-37-,40-38-. The molecule has 0 spiro atoms. The zero-order valence-corrected chi connectivity index (χ0v) is 65.2. The first-order valence-corrected chi connectivity index (χ1v) is 42.8. The van der Waals surface area contributed by atoms with Gasteiger partial charge in [0.15, 0.2) is 12.2 Å². The summed E-state index contributed by atoms with van der Waals surface area (Å²) in [5, 5.41) is 10.6. The number of carbonyl (C=O) groups excluding carboxylic acids is 4. The van der Waals surface area contributed by atoms with Gasteiger partial charge in [0, 0.05) is 25.7 Å². The van der Waals surface area contributed by atoms with Gasteiger partial charge < -0.3 is 33.8 Å². The largest absolute Gasteiger partial charge is 0.472 e. The Kier molecular flexibility index (Phi) is 70.8. The summed E-state index contributed by atoms with van der Waals surface area (Å²) in [5.74, 6) is -2.18. The van der Waals surface area contributed by atoms with Crippen LogP contribution >= 0.6 is 15.6 Å². The molecule has 0 bridgehead atoms. The number of esters is 4. The lowest BCUT2D eigenvalue weighted by Crippen LogP contribution is -2.30. The third-order valence-corrected chi connectivity index (χ3v) is 18.8. The van der Waals surface area contributed by atoms with E-state index >= 15 is 0 Å². The second-order valence-corrected chi connectivity index (χ2v) is 29.5. The minimum Gasteiger partial charge on any atom is -0.462 e. The molecule has 0 heterocycles. The molecule has 5 unspecified atom stereocenters. The van der Waals surface area contributed by atoms with Gasteiger partial charge >= 0.3 is 39.5 Å². The zero-order chi connectivity index (χ0) is 73.2. The second-order valence-electron chi connectivity index (χ2n) is 26.6. The molecule has 0 aliphatic heterocycles. The predicted octanol–water partition coefficient (Wildman–Crippen LogP) is 23.0. The number of phosphoric ester groups is 2. The highest BCUT2D eigenvalue weighted by atomic mass is 31.2. The summed E-state index contributed by atoms with van der Waals surface area (Å²) < 4.78 is 68.5. The van der Waals surface area contributed by atoms with Crippen molar-refractivity contribution in [1.29, 1.82) is 0 Å². The van der Waals surface area contributed by atoms with Crippen LogP contribution in [0.5, 0.6) is 0 Å². The monoisotopic (exact) mass is 1450 g/mol. The Balaban J connectivity index is 5.33. The van der Waals surface area contributed by atoms with E-state index in [2.05, 4.69) is 113 Å². The molecule has 0 saturated carbocycles. The third kappa shape index (κ3) is 72.6. The average molecular weight is 1450 g/mol. The van der Waals surface area contributed by atoms with E-state index in [0.29, 0.717) is 25.7 Å². The van der Waals surface area contributed by atoms with E-state index in [1.54, 1.807) is 0 Å². The third-order valence-electron chi connectivity index (χ3n) is 16.9. The van der Waals surface area contributed by atoms with Crippen LogP contribution in [0.25, 0.3) is 0 Å². The van der Waals surface area contributed by atoms with Gasteiger partial charge in [-0.2, -0.15) is 0 Å². The van der Waals surface area contributed by atoms with Crippen LogP contribution in [0.15, 0.2) is 85.1 Å². The van der Waals surface area contributed by atoms with Crippen LogP contribution in [0.4, 0.5) is 0 Å². The fourth-order valence-electron chi connectivity index (χ4n) is 10.8. The van der Waals surface area contributed by atoms with Gasteiger partial charge in [0.25, 0.3) is 0 Å². The molecular weight excluding hydrogens is 1310 g/mol. The number of aliphatic hydroxyl groups excluding tert-OH is 1. The molecular formula is C81H144O17P2. The Hall–Kier alpha value is -3.76. The van der Waals surface area contributed by atoms with Crippen LogP contribution in [0.2, 0.25) is 0 Å². The molecule has 19 heteroatoms. The summed E-state index contributed by atoms with van der Waals surface area (Å²) in [7, 11) is -9.94. The van der Waals surface area contributed by atoms with Gasteiger partial charge in [0.1, 0.15) is 19.3 Å². The maximum atomic E-state index is 13.1. The van der Waals surface area contributed by atoms with E-state index in [0.717, 1.165) is 167 Å². The highest BCUT2D eigenvalue weighted by Gasteiger charge is 2.30. The number of phosphoric acid groups is 2. The number of unbranched alkanes of at least 4 members (excludes halogenated alkanes) is 35. The highest BCUT2D eigenvalue weighted by molar-refractivity contribution is 7.47. The number of rotatable bonds is 75. The van der Waals surface area contributed by atoms with Gasteiger partial charge in [-0.05, 0) is 103 Å². The van der Waals surface area contributed by atoms with Crippen molar-refractivity contribution in [1.82, 2.24) is 0 Å². The molecule has 5 atom stereocenters. The van der Waals surface area contributed by atoms with Crippen LogP contribution in [-0.2, 0) is 65.4 Å². The van der Waals surface area contributed by atoms with E-state index in [1.807, 2.05) is 0 Å². The van der Waals surface area contributed by atoms with Crippen LogP contribution in [-0.4, -0.2) is 96.7 Å². The SMILES string of the molecule is CC/C=C\C/C=C\C/C=C\C/C=C\CCCCCCCCC(=O)OCC(COP(=O)(O)OCC(O)COP(=O)(O)OCC(COC(=O)CCCCCCCCCCCCC)OC(=O)CCCCCCCCCCCCC)OC(=O)CCCCCCCC/C=C\C/C=C\C/C=C\CCCCC. The van der Waals surface area contributed by atoms with E-state index in [1.165, 1.54) is 103 Å². The van der Waals surface area contributed by atoms with Gasteiger partial charge in [0.05, 0.1) is 26.4 Å². The lowest BCUT2D eigenvalue weighted by atomic mass is 10.1. The normalized spacial score (nSPS) is 14.3. The molecule has 0 fully saturated rings. The van der Waals surface area contributed by atoms with E-state index in [4.69, 9.17) is 37.0 Å². The van der Waals surface area contributed by atoms with Gasteiger partial charge in [-0.25, -0.2) is 9.13 Å². The van der Waals surface area contributed by atoms with Gasteiger partial charge in [0.2, 0.25) is 0 Å². The number of hydrogen-bond donors (Lipinski definition) is 3. The summed E-state index contributed by atoms with van der Waals surface area (Å²) in [4.78, 5) is 72.9. The van der Waals surface area contributed by atoms with Gasteiger partial charge in [-0.1, -0.05) is 305 Å². The molecule has 0 aliphatic carbocycles. The summed E-state index contributed by atoms with van der Waals surface area (Å²) >= 11 is 0. The molecule has 0 radical (unpaired) electrons. The summed E-state index contributed by atoms with van der Waals surface area (Å²) in [5.41, 5.74) is 0. The smallest absolute Gasteiger partial charge is 0.462 e. The van der Waals surface area contributed by atoms with Gasteiger partial charge in [-0.3, -0.25) is 37.3 Å². The Morgan fingerprint density at radius 3 is 0.820 bits per heavy atom. The summed E-state index contributed by atoms with van der Waals surface area (Å²) in [6, 6.07) is 0. The molecule has 17 nitrogen and oxygen atoms in total. The minimum atomic E-state index is -4.98. The summed E-state index contributed by atoms with van der Waals surface area (Å²) in [6.45, 7) is 4.74. The van der Waals surface area contributed by atoms with Crippen molar-refractivity contribution in [3.05, 3.63) is 85.1 Å². The average Bonchev–Trinajstić information content (AvgIpc) is 1.06. The first kappa shape index (κ1) is 96.2. The Morgan fingerprint density at radius 1 is 0.290 bits per heavy atom. The molecule has 0 aromatic carbocycles. The molecule has 0 aromatic rings. The fraction of sp³-hybridized carbons (Fsp3) is 0.778. The molecule has 0 aromatic heterocycles. The predicted molar refractivity (Wildman–Crippen MR) is 409 cm³/mol. The van der Waals surface area contributed by atoms with Crippen molar-refractivity contribution in [3.63, 3.8) is 0 Å². The number of carbonyl (C=O) groups is 4. The summed E-state index contributed by atoms with van der Waals surface area (Å²) in [6.07, 6.45) is 75.6. The number of allylic oxidation sites excluding steroid dienone is 14. The van der Waals surface area contributed by atoms with E-state index in [-0.39, 0.29) is 25.7 Å². The van der Waals surface area contributed by atoms with E-state index < -0.39 is 97.5 Å². The zero-order valence-electron chi connectivity index (χ0n) is 63.4. The van der Waals surface area contributed by atoms with Crippen LogP contribution in [0, 0.1) is 0 Å².